The second kappa shape index (κ2) is 6.05. The van der Waals surface area contributed by atoms with Crippen molar-refractivity contribution >= 4 is 21.7 Å². The summed E-state index contributed by atoms with van der Waals surface area (Å²) in [5.41, 5.74) is -0.981. The minimum absolute atomic E-state index is 0.0926. The predicted octanol–water partition coefficient (Wildman–Crippen LogP) is 0.294. The van der Waals surface area contributed by atoms with Gasteiger partial charge in [-0.2, -0.15) is 0 Å². The van der Waals surface area contributed by atoms with Crippen molar-refractivity contribution in [1.82, 2.24) is 4.90 Å². The Labute approximate surface area is 135 Å². The van der Waals surface area contributed by atoms with Crippen molar-refractivity contribution in [1.29, 1.82) is 0 Å². The van der Waals surface area contributed by atoms with Gasteiger partial charge in [-0.1, -0.05) is 12.8 Å². The van der Waals surface area contributed by atoms with Crippen LogP contribution in [0.3, 0.4) is 0 Å². The third kappa shape index (κ3) is 2.98. The molecule has 1 saturated carbocycles. The molecule has 0 radical (unpaired) electrons. The van der Waals surface area contributed by atoms with Gasteiger partial charge in [0, 0.05) is 25.6 Å². The maximum Gasteiger partial charge on any atom is 0.311 e. The molecule has 0 bridgehead atoms. The fourth-order valence-electron chi connectivity index (χ4n) is 4.12. The fraction of sp³-hybridized carbons (Fsp3) is 0.867. The third-order valence-electron chi connectivity index (χ3n) is 5.62. The van der Waals surface area contributed by atoms with Crippen LogP contribution < -0.4 is 0 Å². The van der Waals surface area contributed by atoms with Crippen molar-refractivity contribution in [3.8, 4) is 0 Å². The zero-order valence-electron chi connectivity index (χ0n) is 13.1. The average molecular weight is 345 g/mol. The van der Waals surface area contributed by atoms with E-state index in [1.54, 1.807) is 0 Å². The van der Waals surface area contributed by atoms with Crippen LogP contribution in [0.5, 0.6) is 0 Å². The van der Waals surface area contributed by atoms with Crippen LogP contribution in [-0.4, -0.2) is 67.6 Å². The summed E-state index contributed by atoms with van der Waals surface area (Å²) in [5, 5.41) is 9.18. The number of carboxylic acids is 1. The van der Waals surface area contributed by atoms with E-state index in [-0.39, 0.29) is 19.0 Å². The van der Waals surface area contributed by atoms with Crippen LogP contribution in [0, 0.1) is 11.3 Å². The molecular formula is C15H23NO6S. The zero-order valence-corrected chi connectivity index (χ0v) is 13.9. The fourth-order valence-corrected chi connectivity index (χ4v) is 5.93. The minimum Gasteiger partial charge on any atom is -0.481 e. The summed E-state index contributed by atoms with van der Waals surface area (Å²) in [7, 11) is -3.44. The van der Waals surface area contributed by atoms with Crippen LogP contribution in [-0.2, 0) is 24.2 Å². The topological polar surface area (TPSA) is 101 Å². The molecule has 3 fully saturated rings. The first-order valence-corrected chi connectivity index (χ1v) is 9.87. The third-order valence-corrected chi connectivity index (χ3v) is 7.76. The smallest absolute Gasteiger partial charge is 0.311 e. The van der Waals surface area contributed by atoms with E-state index < -0.39 is 38.1 Å². The van der Waals surface area contributed by atoms with E-state index in [1.165, 1.54) is 4.90 Å². The van der Waals surface area contributed by atoms with E-state index in [9.17, 15) is 23.1 Å². The maximum absolute atomic E-state index is 12.4. The van der Waals surface area contributed by atoms with Gasteiger partial charge >= 0.3 is 5.97 Å². The highest BCUT2D eigenvalue weighted by molar-refractivity contribution is 7.92. The summed E-state index contributed by atoms with van der Waals surface area (Å²) >= 11 is 0. The standard InChI is InChI=1S/C15H23NO6S/c17-13(9-23(20,21)12-3-1-2-4-12)16-7-11-8-22-6-5-15(11,10-16)14(18)19/h11-12H,1-10H2,(H,18,19)/t11-,15+/m0/s1. The minimum atomic E-state index is -3.44. The van der Waals surface area contributed by atoms with Gasteiger partial charge in [0.15, 0.2) is 9.84 Å². The van der Waals surface area contributed by atoms with Crippen LogP contribution in [0.15, 0.2) is 0 Å². The monoisotopic (exact) mass is 345 g/mol. The number of hydrogen-bond acceptors (Lipinski definition) is 5. The second-order valence-electron chi connectivity index (χ2n) is 6.97. The number of carboxylic acid groups (broad SMARTS) is 1. The number of carbonyl (C=O) groups excluding carboxylic acids is 1. The van der Waals surface area contributed by atoms with Crippen LogP contribution in [0.1, 0.15) is 32.1 Å². The molecule has 0 aromatic heterocycles. The molecule has 8 heteroatoms. The molecule has 2 heterocycles. The predicted molar refractivity (Wildman–Crippen MR) is 81.6 cm³/mol. The first-order valence-electron chi connectivity index (χ1n) is 8.16. The van der Waals surface area contributed by atoms with Gasteiger partial charge in [-0.05, 0) is 19.3 Å². The van der Waals surface area contributed by atoms with Gasteiger partial charge in [0.2, 0.25) is 5.91 Å². The Morgan fingerprint density at radius 1 is 1.26 bits per heavy atom. The molecule has 3 aliphatic rings. The lowest BCUT2D eigenvalue weighted by atomic mass is 9.74. The summed E-state index contributed by atoms with van der Waals surface area (Å²) in [4.78, 5) is 25.6. The van der Waals surface area contributed by atoms with Gasteiger partial charge in [-0.3, -0.25) is 9.59 Å². The van der Waals surface area contributed by atoms with E-state index in [0.29, 0.717) is 32.5 Å². The Bertz CT molecular complexity index is 597. The first-order chi connectivity index (χ1) is 10.8. The molecular weight excluding hydrogens is 322 g/mol. The SMILES string of the molecule is O=C(CS(=O)(=O)C1CCCC1)N1C[C@H]2COCC[C@@]2(C(=O)O)C1. The number of hydrogen-bond donors (Lipinski definition) is 1. The normalized spacial score (nSPS) is 32.0. The van der Waals surface area contributed by atoms with Crippen molar-refractivity contribution in [2.75, 3.05) is 32.1 Å². The number of likely N-dealkylation sites (tertiary alicyclic amines) is 1. The average Bonchev–Trinajstić information content (AvgIpc) is 3.15. The van der Waals surface area contributed by atoms with Crippen molar-refractivity contribution in [3.63, 3.8) is 0 Å². The summed E-state index contributed by atoms with van der Waals surface area (Å²) in [6.45, 7) is 1.04. The molecule has 0 aromatic carbocycles. The molecule has 23 heavy (non-hydrogen) atoms. The zero-order chi connectivity index (χ0) is 16.7. The van der Waals surface area contributed by atoms with Crippen molar-refractivity contribution in [2.45, 2.75) is 37.4 Å². The number of carbonyl (C=O) groups is 2. The molecule has 130 valence electrons. The Hall–Kier alpha value is -1.15. The van der Waals surface area contributed by atoms with Crippen molar-refractivity contribution in [2.24, 2.45) is 11.3 Å². The summed E-state index contributed by atoms with van der Waals surface area (Å²) in [5.74, 6) is -2.14. The highest BCUT2D eigenvalue weighted by Gasteiger charge is 2.55. The molecule has 0 unspecified atom stereocenters. The lowest BCUT2D eigenvalue weighted by molar-refractivity contribution is -0.157. The first kappa shape index (κ1) is 16.7. The number of nitrogens with zero attached hydrogens (tertiary/aromatic N) is 1. The number of fused-ring (bicyclic) bond motifs is 1. The van der Waals surface area contributed by atoms with Gasteiger partial charge < -0.3 is 14.7 Å². The van der Waals surface area contributed by atoms with Gasteiger partial charge in [0.1, 0.15) is 5.75 Å². The molecule has 0 spiro atoms. The molecule has 1 amide bonds. The van der Waals surface area contributed by atoms with Crippen LogP contribution >= 0.6 is 0 Å². The molecule has 1 aliphatic carbocycles. The molecule has 0 aromatic rings. The van der Waals surface area contributed by atoms with Crippen LogP contribution in [0.4, 0.5) is 0 Å². The van der Waals surface area contributed by atoms with Gasteiger partial charge in [0.05, 0.1) is 17.3 Å². The van der Waals surface area contributed by atoms with E-state index in [2.05, 4.69) is 0 Å². The van der Waals surface area contributed by atoms with Gasteiger partial charge in [0.25, 0.3) is 0 Å². The number of sulfone groups is 1. The summed E-state index contributed by atoms with van der Waals surface area (Å²) < 4.78 is 30.0. The number of rotatable bonds is 4. The lowest BCUT2D eigenvalue weighted by Gasteiger charge is -2.33. The summed E-state index contributed by atoms with van der Waals surface area (Å²) in [6.07, 6.45) is 3.41. The van der Waals surface area contributed by atoms with Gasteiger partial charge in [-0.25, -0.2) is 8.42 Å². The molecule has 2 atom stereocenters. The maximum atomic E-state index is 12.4. The summed E-state index contributed by atoms with van der Waals surface area (Å²) in [6, 6.07) is 0. The van der Waals surface area contributed by atoms with Crippen LogP contribution in [0.25, 0.3) is 0 Å². The number of amides is 1. The highest BCUT2D eigenvalue weighted by Crippen LogP contribution is 2.42. The Balaban J connectivity index is 1.70. The van der Waals surface area contributed by atoms with Gasteiger partial charge in [-0.15, -0.1) is 0 Å². The van der Waals surface area contributed by atoms with E-state index in [1.807, 2.05) is 0 Å². The van der Waals surface area contributed by atoms with E-state index in [4.69, 9.17) is 4.74 Å². The second-order valence-corrected chi connectivity index (χ2v) is 9.25. The molecule has 2 aliphatic heterocycles. The van der Waals surface area contributed by atoms with Crippen molar-refractivity contribution in [3.05, 3.63) is 0 Å². The molecule has 3 rings (SSSR count). The highest BCUT2D eigenvalue weighted by atomic mass is 32.2. The number of ether oxygens (including phenoxy) is 1. The molecule has 7 nitrogen and oxygen atoms in total. The molecule has 2 saturated heterocycles. The Morgan fingerprint density at radius 2 is 1.96 bits per heavy atom. The Morgan fingerprint density at radius 3 is 2.57 bits per heavy atom. The largest absolute Gasteiger partial charge is 0.481 e. The van der Waals surface area contributed by atoms with Crippen LogP contribution in [0.2, 0.25) is 0 Å². The van der Waals surface area contributed by atoms with E-state index >= 15 is 0 Å². The number of aliphatic carboxylic acids is 1. The van der Waals surface area contributed by atoms with E-state index in [0.717, 1.165) is 12.8 Å². The lowest BCUT2D eigenvalue weighted by Crippen LogP contribution is -2.45. The quantitative estimate of drug-likeness (QED) is 0.786. The molecule has 1 N–H and O–H groups in total. The Kier molecular flexibility index (Phi) is 4.39. The van der Waals surface area contributed by atoms with Crippen molar-refractivity contribution < 1.29 is 27.9 Å².